The zero-order valence-electron chi connectivity index (χ0n) is 14.5. The Morgan fingerprint density at radius 3 is 2.19 bits per heavy atom. The van der Waals surface area contributed by atoms with Gasteiger partial charge in [-0.25, -0.2) is 9.97 Å². The van der Waals surface area contributed by atoms with Crippen molar-refractivity contribution >= 4 is 5.82 Å². The van der Waals surface area contributed by atoms with Gasteiger partial charge in [0, 0.05) is 25.7 Å². The van der Waals surface area contributed by atoms with Crippen LogP contribution in [0.25, 0.3) is 0 Å². The number of hydrogen-bond donors (Lipinski definition) is 1. The SMILES string of the molecule is CNc1ncnc(OCCN(C(C)C)C(C)C)c1C(C)C. The first-order valence-corrected chi connectivity index (χ1v) is 7.79. The average molecular weight is 294 g/mol. The maximum Gasteiger partial charge on any atom is 0.222 e. The average Bonchev–Trinajstić information content (AvgIpc) is 2.41. The van der Waals surface area contributed by atoms with E-state index in [4.69, 9.17) is 4.74 Å². The van der Waals surface area contributed by atoms with Crippen molar-refractivity contribution in [3.63, 3.8) is 0 Å². The van der Waals surface area contributed by atoms with Crippen LogP contribution < -0.4 is 10.1 Å². The number of nitrogens with zero attached hydrogens (tertiary/aromatic N) is 3. The van der Waals surface area contributed by atoms with Crippen molar-refractivity contribution in [2.24, 2.45) is 0 Å². The van der Waals surface area contributed by atoms with Crippen molar-refractivity contribution in [1.82, 2.24) is 14.9 Å². The van der Waals surface area contributed by atoms with Crippen molar-refractivity contribution in [1.29, 1.82) is 0 Å². The number of nitrogens with one attached hydrogen (secondary N) is 1. The molecule has 1 rings (SSSR count). The molecule has 0 aliphatic heterocycles. The van der Waals surface area contributed by atoms with Crippen LogP contribution in [0, 0.1) is 0 Å². The lowest BCUT2D eigenvalue weighted by atomic mass is 10.1. The standard InChI is InChI=1S/C16H30N4O/c1-11(2)14-15(17-7)18-10-19-16(14)21-9-8-20(12(3)4)13(5)6/h10-13H,8-9H2,1-7H3,(H,17,18,19). The summed E-state index contributed by atoms with van der Waals surface area (Å²) in [6, 6.07) is 1.02. The van der Waals surface area contributed by atoms with Crippen LogP contribution in [-0.2, 0) is 0 Å². The summed E-state index contributed by atoms with van der Waals surface area (Å²) in [6.45, 7) is 14.6. The first-order valence-electron chi connectivity index (χ1n) is 7.79. The largest absolute Gasteiger partial charge is 0.476 e. The van der Waals surface area contributed by atoms with E-state index in [-0.39, 0.29) is 0 Å². The van der Waals surface area contributed by atoms with Crippen LogP contribution in [-0.4, -0.2) is 47.2 Å². The second-order valence-corrected chi connectivity index (χ2v) is 6.12. The van der Waals surface area contributed by atoms with Gasteiger partial charge in [0.2, 0.25) is 5.88 Å². The van der Waals surface area contributed by atoms with Gasteiger partial charge in [-0.15, -0.1) is 0 Å². The van der Waals surface area contributed by atoms with Gasteiger partial charge in [-0.05, 0) is 33.6 Å². The van der Waals surface area contributed by atoms with E-state index < -0.39 is 0 Å². The van der Waals surface area contributed by atoms with E-state index >= 15 is 0 Å². The molecule has 0 fully saturated rings. The first kappa shape index (κ1) is 17.7. The molecule has 1 heterocycles. The predicted molar refractivity (Wildman–Crippen MR) is 88.1 cm³/mol. The molecule has 1 aromatic heterocycles. The summed E-state index contributed by atoms with van der Waals surface area (Å²) in [6.07, 6.45) is 1.55. The number of hydrogen-bond acceptors (Lipinski definition) is 5. The minimum Gasteiger partial charge on any atom is -0.476 e. The maximum absolute atomic E-state index is 5.94. The minimum atomic E-state index is 0.315. The van der Waals surface area contributed by atoms with Gasteiger partial charge in [0.25, 0.3) is 0 Å². The molecule has 0 unspecified atom stereocenters. The van der Waals surface area contributed by atoms with Crippen LogP contribution in [0.15, 0.2) is 6.33 Å². The smallest absolute Gasteiger partial charge is 0.222 e. The molecule has 0 amide bonds. The van der Waals surface area contributed by atoms with Crippen LogP contribution in [0.3, 0.4) is 0 Å². The topological polar surface area (TPSA) is 50.3 Å². The molecule has 21 heavy (non-hydrogen) atoms. The van der Waals surface area contributed by atoms with E-state index in [1.807, 2.05) is 7.05 Å². The Labute approximate surface area is 129 Å². The van der Waals surface area contributed by atoms with Crippen LogP contribution in [0.1, 0.15) is 53.0 Å². The maximum atomic E-state index is 5.94. The molecule has 0 bridgehead atoms. The zero-order chi connectivity index (χ0) is 16.0. The van der Waals surface area contributed by atoms with Gasteiger partial charge >= 0.3 is 0 Å². The quantitative estimate of drug-likeness (QED) is 0.798. The van der Waals surface area contributed by atoms with Crippen LogP contribution in [0.5, 0.6) is 5.88 Å². The lowest BCUT2D eigenvalue weighted by Gasteiger charge is -2.30. The Bertz CT molecular complexity index is 424. The fourth-order valence-electron chi connectivity index (χ4n) is 2.57. The molecule has 0 spiro atoms. The van der Waals surface area contributed by atoms with Gasteiger partial charge in [-0.2, -0.15) is 0 Å². The third-order valence-electron chi connectivity index (χ3n) is 3.58. The first-order chi connectivity index (χ1) is 9.88. The Morgan fingerprint density at radius 1 is 1.10 bits per heavy atom. The van der Waals surface area contributed by atoms with E-state index in [2.05, 4.69) is 61.7 Å². The Hall–Kier alpha value is -1.36. The Kier molecular flexibility index (Phi) is 6.89. The van der Waals surface area contributed by atoms with Crippen LogP contribution >= 0.6 is 0 Å². The van der Waals surface area contributed by atoms with Gasteiger partial charge in [-0.1, -0.05) is 13.8 Å². The number of ether oxygens (including phenoxy) is 1. The molecule has 1 N–H and O–H groups in total. The molecular formula is C16H30N4O. The summed E-state index contributed by atoms with van der Waals surface area (Å²) in [5.74, 6) is 1.85. The summed E-state index contributed by atoms with van der Waals surface area (Å²) in [4.78, 5) is 11.0. The molecule has 120 valence electrons. The van der Waals surface area contributed by atoms with Crippen LogP contribution in [0.4, 0.5) is 5.82 Å². The highest BCUT2D eigenvalue weighted by atomic mass is 16.5. The van der Waals surface area contributed by atoms with E-state index in [9.17, 15) is 0 Å². The molecule has 0 aromatic carbocycles. The van der Waals surface area contributed by atoms with Gasteiger partial charge in [0.05, 0.1) is 5.56 Å². The number of rotatable bonds is 8. The second kappa shape index (κ2) is 8.17. The lowest BCUT2D eigenvalue weighted by Crippen LogP contribution is -2.39. The van der Waals surface area contributed by atoms with Gasteiger partial charge < -0.3 is 10.1 Å². The van der Waals surface area contributed by atoms with E-state index in [0.717, 1.165) is 17.9 Å². The van der Waals surface area contributed by atoms with Crippen molar-refractivity contribution < 1.29 is 4.74 Å². The highest BCUT2D eigenvalue weighted by Crippen LogP contribution is 2.29. The molecule has 0 aliphatic carbocycles. The summed E-state index contributed by atoms with van der Waals surface area (Å²) < 4.78 is 5.94. The third kappa shape index (κ3) is 4.84. The number of anilines is 1. The predicted octanol–water partition coefficient (Wildman–Crippen LogP) is 3.14. The summed E-state index contributed by atoms with van der Waals surface area (Å²) in [7, 11) is 1.87. The summed E-state index contributed by atoms with van der Waals surface area (Å²) in [5, 5.41) is 3.11. The lowest BCUT2D eigenvalue weighted by molar-refractivity contribution is 0.139. The fraction of sp³-hybridized carbons (Fsp3) is 0.750. The van der Waals surface area contributed by atoms with E-state index in [1.54, 1.807) is 6.33 Å². The summed E-state index contributed by atoms with van der Waals surface area (Å²) >= 11 is 0. The van der Waals surface area contributed by atoms with Crippen molar-refractivity contribution in [2.45, 2.75) is 59.5 Å². The monoisotopic (exact) mass is 294 g/mol. The Morgan fingerprint density at radius 2 is 1.71 bits per heavy atom. The van der Waals surface area contributed by atoms with Crippen molar-refractivity contribution in [3.05, 3.63) is 11.9 Å². The van der Waals surface area contributed by atoms with Gasteiger partial charge in [0.15, 0.2) is 0 Å². The molecule has 0 atom stereocenters. The van der Waals surface area contributed by atoms with Gasteiger partial charge in [0.1, 0.15) is 18.8 Å². The molecule has 0 saturated heterocycles. The molecule has 0 radical (unpaired) electrons. The minimum absolute atomic E-state index is 0.315. The Balaban J connectivity index is 2.75. The van der Waals surface area contributed by atoms with Crippen molar-refractivity contribution in [2.75, 3.05) is 25.5 Å². The number of aromatic nitrogens is 2. The zero-order valence-corrected chi connectivity index (χ0v) is 14.5. The third-order valence-corrected chi connectivity index (χ3v) is 3.58. The summed E-state index contributed by atoms with van der Waals surface area (Å²) in [5.41, 5.74) is 1.04. The van der Waals surface area contributed by atoms with E-state index in [1.165, 1.54) is 0 Å². The molecule has 5 heteroatoms. The normalized spacial score (nSPS) is 11.8. The van der Waals surface area contributed by atoms with Gasteiger partial charge in [-0.3, -0.25) is 4.90 Å². The highest BCUT2D eigenvalue weighted by Gasteiger charge is 2.17. The van der Waals surface area contributed by atoms with E-state index in [0.29, 0.717) is 30.5 Å². The molecule has 0 saturated carbocycles. The molecule has 5 nitrogen and oxygen atoms in total. The highest BCUT2D eigenvalue weighted by molar-refractivity contribution is 5.50. The van der Waals surface area contributed by atoms with Crippen molar-refractivity contribution in [3.8, 4) is 5.88 Å². The molecular weight excluding hydrogens is 264 g/mol. The second-order valence-electron chi connectivity index (χ2n) is 6.12. The molecule has 1 aromatic rings. The molecule has 0 aliphatic rings. The fourth-order valence-corrected chi connectivity index (χ4v) is 2.57. The van der Waals surface area contributed by atoms with Crippen LogP contribution in [0.2, 0.25) is 0 Å².